The zero-order valence-electron chi connectivity index (χ0n) is 11.6. The molecule has 0 fully saturated rings. The Bertz CT molecular complexity index is 790. The first-order chi connectivity index (χ1) is 10.9. The van der Waals surface area contributed by atoms with Gasteiger partial charge in [0.2, 0.25) is 0 Å². The molecule has 0 aromatic heterocycles. The van der Waals surface area contributed by atoms with Crippen molar-refractivity contribution < 1.29 is 18.7 Å². The van der Waals surface area contributed by atoms with E-state index in [0.29, 0.717) is 15.7 Å². The van der Waals surface area contributed by atoms with E-state index in [1.165, 1.54) is 30.3 Å². The summed E-state index contributed by atoms with van der Waals surface area (Å²) in [5, 5.41) is 3.34. The molecule has 23 heavy (non-hydrogen) atoms. The topological polar surface area (TPSA) is 55.4 Å². The molecule has 2 aromatic rings. The summed E-state index contributed by atoms with van der Waals surface area (Å²) in [7, 11) is 0. The fourth-order valence-electron chi connectivity index (χ4n) is 2.29. The van der Waals surface area contributed by atoms with Crippen LogP contribution in [0, 0.1) is 5.82 Å². The van der Waals surface area contributed by atoms with Crippen molar-refractivity contribution in [2.24, 2.45) is 0 Å². The molecule has 2 aromatic carbocycles. The van der Waals surface area contributed by atoms with Gasteiger partial charge in [0.25, 0.3) is 5.91 Å². The molecule has 0 radical (unpaired) electrons. The van der Waals surface area contributed by atoms with Crippen LogP contribution in [-0.2, 0) is 4.79 Å². The predicted octanol–water partition coefficient (Wildman–Crippen LogP) is 4.11. The highest BCUT2D eigenvalue weighted by Crippen LogP contribution is 2.29. The molecule has 1 aliphatic rings. The first-order valence-corrected chi connectivity index (χ1v) is 7.44. The van der Waals surface area contributed by atoms with Crippen LogP contribution >= 0.6 is 23.2 Å². The average Bonchev–Trinajstić information content (AvgIpc) is 2.46. The molecule has 1 aliphatic heterocycles. The van der Waals surface area contributed by atoms with Gasteiger partial charge in [0.05, 0.1) is 12.0 Å². The van der Waals surface area contributed by atoms with Crippen LogP contribution in [0.5, 0.6) is 5.75 Å². The number of rotatable bonds is 2. The van der Waals surface area contributed by atoms with Gasteiger partial charge in [-0.05, 0) is 36.4 Å². The highest BCUT2D eigenvalue weighted by Gasteiger charge is 2.31. The molecule has 0 unspecified atom stereocenters. The molecule has 7 heteroatoms. The van der Waals surface area contributed by atoms with Crippen LogP contribution in [0.2, 0.25) is 10.0 Å². The molecule has 0 aliphatic carbocycles. The molecule has 1 atom stereocenters. The van der Waals surface area contributed by atoms with E-state index in [2.05, 4.69) is 5.32 Å². The second kappa shape index (κ2) is 6.18. The van der Waals surface area contributed by atoms with E-state index in [0.717, 1.165) is 6.07 Å². The molecular weight excluding hydrogens is 344 g/mol. The van der Waals surface area contributed by atoms with Crippen LogP contribution in [0.25, 0.3) is 0 Å². The van der Waals surface area contributed by atoms with Crippen molar-refractivity contribution in [2.75, 3.05) is 5.32 Å². The van der Waals surface area contributed by atoms with Gasteiger partial charge in [0.1, 0.15) is 11.6 Å². The second-order valence-corrected chi connectivity index (χ2v) is 5.89. The van der Waals surface area contributed by atoms with Gasteiger partial charge in [-0.3, -0.25) is 9.59 Å². The number of hydrogen-bond donors (Lipinski definition) is 1. The predicted molar refractivity (Wildman–Crippen MR) is 84.9 cm³/mol. The van der Waals surface area contributed by atoms with Crippen molar-refractivity contribution >= 4 is 40.6 Å². The number of ketones is 1. The van der Waals surface area contributed by atoms with Crippen LogP contribution in [0.4, 0.5) is 10.1 Å². The summed E-state index contributed by atoms with van der Waals surface area (Å²) in [6.45, 7) is 0. The second-order valence-electron chi connectivity index (χ2n) is 5.02. The lowest BCUT2D eigenvalue weighted by molar-refractivity contribution is -0.122. The zero-order chi connectivity index (χ0) is 16.6. The molecule has 1 amide bonds. The smallest absolute Gasteiger partial charge is 0.265 e. The van der Waals surface area contributed by atoms with Gasteiger partial charge in [0.15, 0.2) is 11.9 Å². The Morgan fingerprint density at radius 1 is 1.17 bits per heavy atom. The van der Waals surface area contributed by atoms with E-state index < -0.39 is 17.8 Å². The monoisotopic (exact) mass is 353 g/mol. The van der Waals surface area contributed by atoms with Crippen molar-refractivity contribution in [3.8, 4) is 5.75 Å². The Kier molecular flexibility index (Phi) is 4.24. The summed E-state index contributed by atoms with van der Waals surface area (Å²) in [5.74, 6) is -1.20. The molecular formula is C16H10Cl2FNO3. The van der Waals surface area contributed by atoms with Crippen LogP contribution in [0.1, 0.15) is 16.8 Å². The Morgan fingerprint density at radius 2 is 1.87 bits per heavy atom. The molecule has 1 heterocycles. The molecule has 0 saturated carbocycles. The minimum absolute atomic E-state index is 0.139. The number of halogens is 3. The summed E-state index contributed by atoms with van der Waals surface area (Å²) in [4.78, 5) is 24.3. The number of hydrogen-bond acceptors (Lipinski definition) is 3. The SMILES string of the molecule is O=C1C[C@@H](C(=O)Nc2cc(Cl)cc(Cl)c2)Oc2ccc(F)cc21. The van der Waals surface area contributed by atoms with Gasteiger partial charge < -0.3 is 10.1 Å². The molecule has 4 nitrogen and oxygen atoms in total. The third-order valence-corrected chi connectivity index (χ3v) is 3.74. The molecule has 118 valence electrons. The van der Waals surface area contributed by atoms with E-state index in [-0.39, 0.29) is 23.5 Å². The van der Waals surface area contributed by atoms with Crippen molar-refractivity contribution in [3.63, 3.8) is 0 Å². The van der Waals surface area contributed by atoms with Crippen molar-refractivity contribution in [1.29, 1.82) is 0 Å². The highest BCUT2D eigenvalue weighted by molar-refractivity contribution is 6.35. The lowest BCUT2D eigenvalue weighted by Crippen LogP contribution is -2.38. The van der Waals surface area contributed by atoms with Crippen molar-refractivity contribution in [3.05, 3.63) is 57.8 Å². The third-order valence-electron chi connectivity index (χ3n) is 3.30. The van der Waals surface area contributed by atoms with Crippen LogP contribution < -0.4 is 10.1 Å². The van der Waals surface area contributed by atoms with Crippen LogP contribution in [0.15, 0.2) is 36.4 Å². The molecule has 0 spiro atoms. The minimum atomic E-state index is -1.00. The third kappa shape index (κ3) is 3.46. The number of Topliss-reactive ketones (excluding diaryl/α,β-unsaturated/α-hetero) is 1. The Balaban J connectivity index is 1.79. The van der Waals surface area contributed by atoms with Crippen molar-refractivity contribution in [2.45, 2.75) is 12.5 Å². The molecule has 3 rings (SSSR count). The summed E-state index contributed by atoms with van der Waals surface area (Å²) in [6, 6.07) is 8.19. The Hall–Kier alpha value is -2.11. The minimum Gasteiger partial charge on any atom is -0.479 e. The fourth-order valence-corrected chi connectivity index (χ4v) is 2.82. The number of carbonyl (C=O) groups is 2. The number of nitrogens with one attached hydrogen (secondary N) is 1. The van der Waals surface area contributed by atoms with E-state index >= 15 is 0 Å². The fraction of sp³-hybridized carbons (Fsp3) is 0.125. The maximum atomic E-state index is 13.2. The first kappa shape index (κ1) is 15.8. The average molecular weight is 354 g/mol. The van der Waals surface area contributed by atoms with Crippen molar-refractivity contribution in [1.82, 2.24) is 0 Å². The van der Waals surface area contributed by atoms with Crippen LogP contribution in [-0.4, -0.2) is 17.8 Å². The van der Waals surface area contributed by atoms with Gasteiger partial charge in [-0.15, -0.1) is 0 Å². The van der Waals surface area contributed by atoms with E-state index in [9.17, 15) is 14.0 Å². The zero-order valence-corrected chi connectivity index (χ0v) is 13.1. The maximum Gasteiger partial charge on any atom is 0.265 e. The lowest BCUT2D eigenvalue weighted by Gasteiger charge is -2.24. The van der Waals surface area contributed by atoms with Crippen LogP contribution in [0.3, 0.4) is 0 Å². The number of amides is 1. The standard InChI is InChI=1S/C16H10Cl2FNO3/c17-8-3-9(18)5-11(4-8)20-16(22)15-7-13(21)12-6-10(19)1-2-14(12)23-15/h1-6,15H,7H2,(H,20,22)/t15-/m0/s1. The number of carbonyl (C=O) groups excluding carboxylic acids is 2. The maximum absolute atomic E-state index is 13.2. The van der Waals surface area contributed by atoms with E-state index in [4.69, 9.17) is 27.9 Å². The number of benzene rings is 2. The Labute approximate surface area is 141 Å². The van der Waals surface area contributed by atoms with Gasteiger partial charge in [0, 0.05) is 15.7 Å². The number of anilines is 1. The summed E-state index contributed by atoms with van der Waals surface area (Å²) >= 11 is 11.7. The van der Waals surface area contributed by atoms with Gasteiger partial charge in [-0.25, -0.2) is 4.39 Å². The molecule has 0 saturated heterocycles. The van der Waals surface area contributed by atoms with Gasteiger partial charge >= 0.3 is 0 Å². The van der Waals surface area contributed by atoms with E-state index in [1.807, 2.05) is 0 Å². The quantitative estimate of drug-likeness (QED) is 0.883. The summed E-state index contributed by atoms with van der Waals surface area (Å²) < 4.78 is 18.7. The first-order valence-electron chi connectivity index (χ1n) is 6.69. The summed E-state index contributed by atoms with van der Waals surface area (Å²) in [5.41, 5.74) is 0.535. The Morgan fingerprint density at radius 3 is 2.57 bits per heavy atom. The van der Waals surface area contributed by atoms with Gasteiger partial charge in [-0.1, -0.05) is 23.2 Å². The number of ether oxygens (including phenoxy) is 1. The highest BCUT2D eigenvalue weighted by atomic mass is 35.5. The summed E-state index contributed by atoms with van der Waals surface area (Å²) in [6.07, 6.45) is -1.17. The largest absolute Gasteiger partial charge is 0.479 e. The lowest BCUT2D eigenvalue weighted by atomic mass is 10.00. The molecule has 1 N–H and O–H groups in total. The van der Waals surface area contributed by atoms with E-state index in [1.54, 1.807) is 0 Å². The molecule has 0 bridgehead atoms. The van der Waals surface area contributed by atoms with Gasteiger partial charge in [-0.2, -0.15) is 0 Å². The normalized spacial score (nSPS) is 16.5. The number of fused-ring (bicyclic) bond motifs is 1.